The Kier molecular flexibility index (Phi) is 6.76. The predicted molar refractivity (Wildman–Crippen MR) is 87.2 cm³/mol. The highest BCUT2D eigenvalue weighted by molar-refractivity contribution is 7.98. The topological polar surface area (TPSA) is 56.5 Å². The maximum Gasteiger partial charge on any atom is 0.168 e. The van der Waals surface area contributed by atoms with E-state index < -0.39 is 0 Å². The number of benzene rings is 1. The zero-order chi connectivity index (χ0) is 15.8. The Hall–Kier alpha value is -1.50. The summed E-state index contributed by atoms with van der Waals surface area (Å²) in [7, 11) is 3.36. The van der Waals surface area contributed by atoms with Gasteiger partial charge in [-0.1, -0.05) is 23.9 Å². The number of aromatic nitrogens is 2. The van der Waals surface area contributed by atoms with E-state index in [1.807, 2.05) is 18.2 Å². The van der Waals surface area contributed by atoms with Crippen LogP contribution in [0.2, 0.25) is 0 Å². The molecule has 1 aromatic heterocycles. The third-order valence-electron chi connectivity index (χ3n) is 3.30. The zero-order valence-electron chi connectivity index (χ0n) is 13.0. The minimum atomic E-state index is -0.000296. The molecule has 22 heavy (non-hydrogen) atoms. The lowest BCUT2D eigenvalue weighted by atomic mass is 10.2. The summed E-state index contributed by atoms with van der Waals surface area (Å²) in [6, 6.07) is 8.02. The van der Waals surface area contributed by atoms with E-state index in [4.69, 9.17) is 9.47 Å². The quantitative estimate of drug-likeness (QED) is 0.568. The molecule has 6 heteroatoms. The number of hydrogen-bond donors (Lipinski definition) is 1. The van der Waals surface area contributed by atoms with E-state index in [0.717, 1.165) is 35.3 Å². The zero-order valence-corrected chi connectivity index (χ0v) is 13.8. The van der Waals surface area contributed by atoms with E-state index in [0.29, 0.717) is 6.61 Å². The van der Waals surface area contributed by atoms with Crippen LogP contribution in [0.4, 0.5) is 0 Å². The molecule has 0 unspecified atom stereocenters. The predicted octanol–water partition coefficient (Wildman–Crippen LogP) is 2.71. The second kappa shape index (κ2) is 8.82. The molecule has 1 N–H and O–H groups in total. The van der Waals surface area contributed by atoms with Crippen molar-refractivity contribution in [1.82, 2.24) is 9.55 Å². The molecule has 2 rings (SSSR count). The van der Waals surface area contributed by atoms with Gasteiger partial charge in [-0.3, -0.25) is 0 Å². The molecular weight excluding hydrogens is 300 g/mol. The molecule has 0 radical (unpaired) electrons. The van der Waals surface area contributed by atoms with Gasteiger partial charge in [0.15, 0.2) is 5.16 Å². The summed E-state index contributed by atoms with van der Waals surface area (Å²) in [5, 5.41) is 10.3. The first-order chi connectivity index (χ1) is 10.8. The van der Waals surface area contributed by atoms with Gasteiger partial charge in [-0.25, -0.2) is 4.98 Å². The molecule has 0 bridgehead atoms. The number of imidazole rings is 1. The van der Waals surface area contributed by atoms with Gasteiger partial charge in [0.2, 0.25) is 0 Å². The van der Waals surface area contributed by atoms with Crippen molar-refractivity contribution in [3.05, 3.63) is 41.7 Å². The summed E-state index contributed by atoms with van der Waals surface area (Å²) in [5.74, 6) is 1.67. The maximum atomic E-state index is 9.42. The normalized spacial score (nSPS) is 10.9. The Morgan fingerprint density at radius 3 is 2.91 bits per heavy atom. The van der Waals surface area contributed by atoms with Crippen LogP contribution in [0.1, 0.15) is 17.7 Å². The first kappa shape index (κ1) is 16.9. The third-order valence-corrected chi connectivity index (χ3v) is 4.36. The second-order valence-electron chi connectivity index (χ2n) is 4.83. The molecule has 0 atom stereocenters. The van der Waals surface area contributed by atoms with Crippen molar-refractivity contribution in [2.24, 2.45) is 0 Å². The van der Waals surface area contributed by atoms with Crippen LogP contribution in [0.5, 0.6) is 5.75 Å². The van der Waals surface area contributed by atoms with Gasteiger partial charge >= 0.3 is 0 Å². The van der Waals surface area contributed by atoms with E-state index in [-0.39, 0.29) is 6.61 Å². The lowest BCUT2D eigenvalue weighted by molar-refractivity contribution is 0.187. The van der Waals surface area contributed by atoms with Gasteiger partial charge in [-0.05, 0) is 24.1 Å². The fraction of sp³-hybridized carbons (Fsp3) is 0.438. The summed E-state index contributed by atoms with van der Waals surface area (Å²) in [4.78, 5) is 4.42. The maximum absolute atomic E-state index is 9.42. The Morgan fingerprint density at radius 1 is 1.32 bits per heavy atom. The number of aliphatic hydroxyl groups is 1. The first-order valence-electron chi connectivity index (χ1n) is 7.18. The monoisotopic (exact) mass is 322 g/mol. The van der Waals surface area contributed by atoms with Gasteiger partial charge in [0.1, 0.15) is 5.75 Å². The molecule has 0 fully saturated rings. The molecule has 0 amide bonds. The van der Waals surface area contributed by atoms with E-state index in [1.165, 1.54) is 5.56 Å². The van der Waals surface area contributed by atoms with Gasteiger partial charge in [-0.15, -0.1) is 0 Å². The molecule has 0 aliphatic heterocycles. The van der Waals surface area contributed by atoms with E-state index in [2.05, 4.69) is 15.6 Å². The lowest BCUT2D eigenvalue weighted by Crippen LogP contribution is -2.07. The van der Waals surface area contributed by atoms with Crippen LogP contribution < -0.4 is 4.74 Å². The van der Waals surface area contributed by atoms with Crippen LogP contribution >= 0.6 is 11.8 Å². The number of methoxy groups -OCH3 is 2. The number of rotatable bonds is 9. The van der Waals surface area contributed by atoms with Crippen LogP contribution in [0, 0.1) is 0 Å². The number of nitrogens with zero attached hydrogens (tertiary/aromatic N) is 2. The standard InChI is InChI=1S/C16H22N2O3S/c1-20-8-4-7-18-14(11-19)10-17-16(18)22-12-13-5-3-6-15(9-13)21-2/h3,5-6,9-10,19H,4,7-8,11-12H2,1-2H3. The Bertz CT molecular complexity index is 587. The van der Waals surface area contributed by atoms with Crippen molar-refractivity contribution in [3.8, 4) is 5.75 Å². The van der Waals surface area contributed by atoms with Gasteiger partial charge in [0.25, 0.3) is 0 Å². The van der Waals surface area contributed by atoms with Gasteiger partial charge in [-0.2, -0.15) is 0 Å². The average molecular weight is 322 g/mol. The summed E-state index contributed by atoms with van der Waals surface area (Å²) in [6.45, 7) is 1.49. The molecule has 0 spiro atoms. The minimum absolute atomic E-state index is 0.000296. The number of aliphatic hydroxyl groups excluding tert-OH is 1. The van der Waals surface area contributed by atoms with Crippen molar-refractivity contribution in [1.29, 1.82) is 0 Å². The summed E-state index contributed by atoms with van der Waals surface area (Å²) < 4.78 is 12.4. The Balaban J connectivity index is 2.03. The fourth-order valence-electron chi connectivity index (χ4n) is 2.15. The van der Waals surface area contributed by atoms with Gasteiger partial charge in [0.05, 0.1) is 25.6 Å². The number of thioether (sulfide) groups is 1. The Labute approximate surface area is 135 Å². The molecule has 0 aliphatic rings. The van der Waals surface area contributed by atoms with Crippen LogP contribution in [-0.4, -0.2) is 35.5 Å². The van der Waals surface area contributed by atoms with Gasteiger partial charge in [0, 0.05) is 26.0 Å². The molecular formula is C16H22N2O3S. The summed E-state index contributed by atoms with van der Waals surface area (Å²) in [6.07, 6.45) is 2.63. The molecule has 120 valence electrons. The highest BCUT2D eigenvalue weighted by atomic mass is 32.2. The molecule has 1 aromatic carbocycles. The van der Waals surface area contributed by atoms with E-state index in [9.17, 15) is 5.11 Å². The van der Waals surface area contributed by atoms with Crippen molar-refractivity contribution in [2.75, 3.05) is 20.8 Å². The second-order valence-corrected chi connectivity index (χ2v) is 5.77. The fourth-order valence-corrected chi connectivity index (χ4v) is 3.12. The largest absolute Gasteiger partial charge is 0.497 e. The van der Waals surface area contributed by atoms with Crippen molar-refractivity contribution >= 4 is 11.8 Å². The molecule has 0 aliphatic carbocycles. The van der Waals surface area contributed by atoms with Crippen molar-refractivity contribution < 1.29 is 14.6 Å². The highest BCUT2D eigenvalue weighted by Gasteiger charge is 2.10. The van der Waals surface area contributed by atoms with E-state index >= 15 is 0 Å². The first-order valence-corrected chi connectivity index (χ1v) is 8.17. The summed E-state index contributed by atoms with van der Waals surface area (Å²) in [5.41, 5.74) is 2.02. The van der Waals surface area contributed by atoms with Crippen molar-refractivity contribution in [3.63, 3.8) is 0 Å². The average Bonchev–Trinajstić information content (AvgIpc) is 2.95. The molecule has 0 saturated heterocycles. The van der Waals surface area contributed by atoms with E-state index in [1.54, 1.807) is 32.2 Å². The SMILES string of the molecule is COCCCn1c(CO)cnc1SCc1cccc(OC)c1. The number of ether oxygens (including phenoxy) is 2. The smallest absolute Gasteiger partial charge is 0.168 e. The summed E-state index contributed by atoms with van der Waals surface area (Å²) >= 11 is 1.66. The van der Waals surface area contributed by atoms with Crippen LogP contribution in [0.15, 0.2) is 35.6 Å². The van der Waals surface area contributed by atoms with Crippen LogP contribution in [0.25, 0.3) is 0 Å². The van der Waals surface area contributed by atoms with Crippen LogP contribution in [-0.2, 0) is 23.6 Å². The molecule has 2 aromatic rings. The van der Waals surface area contributed by atoms with Crippen molar-refractivity contribution in [2.45, 2.75) is 30.5 Å². The lowest BCUT2D eigenvalue weighted by Gasteiger charge is -2.10. The molecule has 5 nitrogen and oxygen atoms in total. The minimum Gasteiger partial charge on any atom is -0.497 e. The third kappa shape index (κ3) is 4.50. The van der Waals surface area contributed by atoms with Gasteiger partial charge < -0.3 is 19.1 Å². The Morgan fingerprint density at radius 2 is 2.18 bits per heavy atom. The number of hydrogen-bond acceptors (Lipinski definition) is 5. The van der Waals surface area contributed by atoms with Crippen LogP contribution in [0.3, 0.4) is 0 Å². The molecule has 1 heterocycles. The highest BCUT2D eigenvalue weighted by Crippen LogP contribution is 2.25. The molecule has 0 saturated carbocycles.